The van der Waals surface area contributed by atoms with E-state index in [0.717, 1.165) is 0 Å². The van der Waals surface area contributed by atoms with E-state index < -0.39 is 21.4 Å². The molecule has 3 aromatic rings. The lowest BCUT2D eigenvalue weighted by Gasteiger charge is -2.07. The Labute approximate surface area is 176 Å². The summed E-state index contributed by atoms with van der Waals surface area (Å²) in [5, 5.41) is 0.816. The SMILES string of the molecule is COc1ccc(Cl)c(S(=O)(=O)CC(=O)c2cnc(-c3cc(Cl)cc(Cl)c3)[nH]2)c1. The number of nitrogens with zero attached hydrogens (tertiary/aromatic N) is 1. The largest absolute Gasteiger partial charge is 0.497 e. The molecular formula is C18H13Cl3N2O4S. The van der Waals surface area contributed by atoms with Gasteiger partial charge in [-0.3, -0.25) is 4.79 Å². The topological polar surface area (TPSA) is 89.1 Å². The van der Waals surface area contributed by atoms with Crippen LogP contribution in [0.2, 0.25) is 15.1 Å². The van der Waals surface area contributed by atoms with Crippen LogP contribution in [-0.2, 0) is 9.84 Å². The molecule has 28 heavy (non-hydrogen) atoms. The summed E-state index contributed by atoms with van der Waals surface area (Å²) in [7, 11) is -2.59. The molecule has 6 nitrogen and oxygen atoms in total. The number of methoxy groups -OCH3 is 1. The summed E-state index contributed by atoms with van der Waals surface area (Å²) < 4.78 is 30.3. The molecule has 10 heteroatoms. The molecule has 1 heterocycles. The Morgan fingerprint density at radius 2 is 1.79 bits per heavy atom. The van der Waals surface area contributed by atoms with E-state index in [1.807, 2.05) is 0 Å². The van der Waals surface area contributed by atoms with Crippen molar-refractivity contribution >= 4 is 50.4 Å². The molecule has 0 aliphatic rings. The minimum absolute atomic E-state index is 0.00692. The van der Waals surface area contributed by atoms with Crippen LogP contribution in [0.15, 0.2) is 47.5 Å². The Bertz CT molecular complexity index is 1140. The number of benzene rings is 2. The zero-order valence-electron chi connectivity index (χ0n) is 14.4. The summed E-state index contributed by atoms with van der Waals surface area (Å²) in [6, 6.07) is 9.00. The number of Topliss-reactive ketones (excluding diaryl/α,β-unsaturated/α-hetero) is 1. The van der Waals surface area contributed by atoms with Gasteiger partial charge in [-0.2, -0.15) is 0 Å². The van der Waals surface area contributed by atoms with Crippen molar-refractivity contribution in [3.8, 4) is 17.1 Å². The fraction of sp³-hybridized carbons (Fsp3) is 0.111. The van der Waals surface area contributed by atoms with Crippen LogP contribution in [-0.4, -0.2) is 37.0 Å². The van der Waals surface area contributed by atoms with Crippen LogP contribution in [0.25, 0.3) is 11.4 Å². The second kappa shape index (κ2) is 8.13. The fourth-order valence-electron chi connectivity index (χ4n) is 2.48. The van der Waals surface area contributed by atoms with E-state index in [1.165, 1.54) is 31.5 Å². The molecule has 0 aliphatic carbocycles. The zero-order valence-corrected chi connectivity index (χ0v) is 17.5. The molecule has 0 fully saturated rings. The molecule has 1 aromatic heterocycles. The van der Waals surface area contributed by atoms with E-state index in [2.05, 4.69) is 9.97 Å². The van der Waals surface area contributed by atoms with Gasteiger partial charge in [-0.25, -0.2) is 13.4 Å². The number of sulfone groups is 1. The van der Waals surface area contributed by atoms with Crippen molar-refractivity contribution < 1.29 is 17.9 Å². The van der Waals surface area contributed by atoms with E-state index in [9.17, 15) is 13.2 Å². The Kier molecular flexibility index (Phi) is 6.00. The number of imidazole rings is 1. The molecule has 0 spiro atoms. The maximum absolute atomic E-state index is 12.6. The van der Waals surface area contributed by atoms with E-state index in [4.69, 9.17) is 39.5 Å². The summed E-state index contributed by atoms with van der Waals surface area (Å²) in [6.45, 7) is 0. The van der Waals surface area contributed by atoms with Gasteiger partial charge in [0.1, 0.15) is 23.0 Å². The average Bonchev–Trinajstić information content (AvgIpc) is 3.11. The predicted molar refractivity (Wildman–Crippen MR) is 108 cm³/mol. The number of nitrogens with one attached hydrogen (secondary N) is 1. The van der Waals surface area contributed by atoms with Crippen molar-refractivity contribution in [1.82, 2.24) is 9.97 Å². The lowest BCUT2D eigenvalue weighted by Crippen LogP contribution is -2.17. The third-order valence-corrected chi connectivity index (χ3v) is 6.33. The summed E-state index contributed by atoms with van der Waals surface area (Å²) in [5.41, 5.74) is 0.601. The van der Waals surface area contributed by atoms with Crippen molar-refractivity contribution in [2.75, 3.05) is 12.9 Å². The second-order valence-corrected chi connectivity index (χ2v) is 9.02. The molecule has 0 saturated carbocycles. The molecule has 1 N–H and O–H groups in total. The van der Waals surface area contributed by atoms with Gasteiger partial charge < -0.3 is 9.72 Å². The van der Waals surface area contributed by atoms with Crippen LogP contribution in [0.3, 0.4) is 0 Å². The summed E-state index contributed by atoms with van der Waals surface area (Å²) >= 11 is 17.9. The lowest BCUT2D eigenvalue weighted by molar-refractivity contribution is 0.101. The Morgan fingerprint density at radius 3 is 2.43 bits per heavy atom. The van der Waals surface area contributed by atoms with Gasteiger partial charge >= 0.3 is 0 Å². The Balaban J connectivity index is 1.86. The predicted octanol–water partition coefficient (Wildman–Crippen LogP) is 4.70. The molecule has 0 radical (unpaired) electrons. The lowest BCUT2D eigenvalue weighted by atomic mass is 10.2. The normalized spacial score (nSPS) is 11.4. The highest BCUT2D eigenvalue weighted by Gasteiger charge is 2.25. The third-order valence-electron chi connectivity index (χ3n) is 3.81. The van der Waals surface area contributed by atoms with Gasteiger partial charge in [0.2, 0.25) is 0 Å². The van der Waals surface area contributed by atoms with E-state index >= 15 is 0 Å². The van der Waals surface area contributed by atoms with Gasteiger partial charge in [0, 0.05) is 21.7 Å². The Morgan fingerprint density at radius 1 is 1.11 bits per heavy atom. The van der Waals surface area contributed by atoms with Crippen molar-refractivity contribution in [2.45, 2.75) is 4.90 Å². The van der Waals surface area contributed by atoms with Crippen LogP contribution in [0.1, 0.15) is 10.5 Å². The molecule has 0 aliphatic heterocycles. The molecule has 0 unspecified atom stereocenters. The number of hydrogen-bond acceptors (Lipinski definition) is 5. The average molecular weight is 460 g/mol. The van der Waals surface area contributed by atoms with Crippen LogP contribution in [0.4, 0.5) is 0 Å². The first-order chi connectivity index (χ1) is 13.2. The van der Waals surface area contributed by atoms with Crippen molar-refractivity contribution in [3.63, 3.8) is 0 Å². The number of carbonyl (C=O) groups is 1. The van der Waals surface area contributed by atoms with Crippen LogP contribution in [0.5, 0.6) is 5.75 Å². The second-order valence-electron chi connectivity index (χ2n) is 5.78. The number of aromatic nitrogens is 2. The number of aromatic amines is 1. The maximum atomic E-state index is 12.6. The van der Waals surface area contributed by atoms with Crippen LogP contribution >= 0.6 is 34.8 Å². The molecule has 0 atom stereocenters. The molecule has 2 aromatic carbocycles. The molecule has 0 amide bonds. The molecule has 3 rings (SSSR count). The number of H-pyrrole nitrogens is 1. The quantitative estimate of drug-likeness (QED) is 0.540. The molecule has 146 valence electrons. The first-order valence-corrected chi connectivity index (χ1v) is 10.6. The highest BCUT2D eigenvalue weighted by atomic mass is 35.5. The monoisotopic (exact) mass is 458 g/mol. The Hall–Kier alpha value is -2.06. The smallest absolute Gasteiger partial charge is 0.196 e. The number of halogens is 3. The highest BCUT2D eigenvalue weighted by molar-refractivity contribution is 7.92. The van der Waals surface area contributed by atoms with Crippen molar-refractivity contribution in [3.05, 3.63) is 63.4 Å². The fourth-order valence-corrected chi connectivity index (χ4v) is 4.79. The van der Waals surface area contributed by atoms with Crippen molar-refractivity contribution in [2.24, 2.45) is 0 Å². The minimum atomic E-state index is -3.99. The summed E-state index contributed by atoms with van der Waals surface area (Å²) in [4.78, 5) is 19.2. The first kappa shape index (κ1) is 20.7. The first-order valence-electron chi connectivity index (χ1n) is 7.80. The van der Waals surface area contributed by atoms with Gasteiger partial charge in [0.05, 0.1) is 23.2 Å². The van der Waals surface area contributed by atoms with Crippen molar-refractivity contribution in [1.29, 1.82) is 0 Å². The molecular weight excluding hydrogens is 447 g/mol. The van der Waals surface area contributed by atoms with Gasteiger partial charge in [-0.1, -0.05) is 34.8 Å². The van der Waals surface area contributed by atoms with Crippen LogP contribution < -0.4 is 4.74 Å². The highest BCUT2D eigenvalue weighted by Crippen LogP contribution is 2.28. The van der Waals surface area contributed by atoms with Gasteiger partial charge in [-0.15, -0.1) is 0 Å². The van der Waals surface area contributed by atoms with Gasteiger partial charge in [-0.05, 0) is 30.3 Å². The zero-order chi connectivity index (χ0) is 20.5. The minimum Gasteiger partial charge on any atom is -0.497 e. The number of ketones is 1. The summed E-state index contributed by atoms with van der Waals surface area (Å²) in [6.07, 6.45) is 1.26. The molecule has 0 saturated heterocycles. The van der Waals surface area contributed by atoms with Gasteiger partial charge in [0.25, 0.3) is 0 Å². The standard InChI is InChI=1S/C18H13Cl3N2O4S/c1-27-13-2-3-14(21)17(7-13)28(25,26)9-16(24)15-8-22-18(23-15)10-4-11(19)6-12(20)5-10/h2-8H,9H2,1H3,(H,22,23). The number of hydrogen-bond donors (Lipinski definition) is 1. The van der Waals surface area contributed by atoms with E-state index in [1.54, 1.807) is 18.2 Å². The third kappa shape index (κ3) is 4.50. The van der Waals surface area contributed by atoms with Gasteiger partial charge in [0.15, 0.2) is 15.6 Å². The molecule has 0 bridgehead atoms. The summed E-state index contributed by atoms with van der Waals surface area (Å²) in [5.74, 6) is -0.787. The number of ether oxygens (including phenoxy) is 1. The van der Waals surface area contributed by atoms with E-state index in [-0.39, 0.29) is 15.6 Å². The number of rotatable bonds is 6. The van der Waals surface area contributed by atoms with E-state index in [0.29, 0.717) is 27.2 Å². The van der Waals surface area contributed by atoms with Crippen LogP contribution in [0, 0.1) is 0 Å². The maximum Gasteiger partial charge on any atom is 0.196 e. The number of carbonyl (C=O) groups excluding carboxylic acids is 1.